The summed E-state index contributed by atoms with van der Waals surface area (Å²) in [5, 5.41) is 8.50. The van der Waals surface area contributed by atoms with Crippen molar-refractivity contribution in [1.82, 2.24) is 0 Å². The van der Waals surface area contributed by atoms with E-state index in [9.17, 15) is 13.2 Å². The molecule has 6 N–H and O–H groups in total. The zero-order valence-electron chi connectivity index (χ0n) is 8.98. The highest BCUT2D eigenvalue weighted by molar-refractivity contribution is 8.76. The van der Waals surface area contributed by atoms with Gasteiger partial charge in [0.25, 0.3) is 10.1 Å². The first-order valence-electron chi connectivity index (χ1n) is 4.66. The van der Waals surface area contributed by atoms with Crippen molar-refractivity contribution in [3.63, 3.8) is 0 Å². The first kappa shape index (κ1) is 17.0. The minimum atomic E-state index is -3.97. The Morgan fingerprint density at radius 2 is 1.76 bits per heavy atom. The largest absolute Gasteiger partial charge is 0.480 e. The summed E-state index contributed by atoms with van der Waals surface area (Å²) in [6.07, 6.45) is 0.164. The van der Waals surface area contributed by atoms with Gasteiger partial charge in [-0.15, -0.1) is 0 Å². The van der Waals surface area contributed by atoms with E-state index in [1.165, 1.54) is 21.6 Å². The summed E-state index contributed by atoms with van der Waals surface area (Å²) in [6, 6.07) is -1.28. The quantitative estimate of drug-likeness (QED) is 0.249. The first-order chi connectivity index (χ1) is 7.72. The Morgan fingerprint density at radius 3 is 2.24 bits per heavy atom. The maximum Gasteiger partial charge on any atom is 0.321 e. The SMILES string of the molecule is N[C@@H](CCS(=O)(=O)O)CSSC[C@H](N)C(=O)O. The van der Waals surface area contributed by atoms with E-state index in [0.29, 0.717) is 5.75 Å². The molecule has 0 aliphatic rings. The molecule has 0 aliphatic heterocycles. The molecule has 0 radical (unpaired) electrons. The Bertz CT molecular complexity index is 334. The molecule has 0 bridgehead atoms. The normalized spacial score (nSPS) is 15.5. The predicted molar refractivity (Wildman–Crippen MR) is 69.5 cm³/mol. The van der Waals surface area contributed by atoms with E-state index in [2.05, 4.69) is 0 Å². The van der Waals surface area contributed by atoms with Crippen LogP contribution in [-0.2, 0) is 14.9 Å². The highest BCUT2D eigenvalue weighted by atomic mass is 33.1. The van der Waals surface area contributed by atoms with Gasteiger partial charge >= 0.3 is 5.97 Å². The standard InChI is InChI=1S/C7H16N2O5S3/c8-5(1-2-17(12,13)14)3-15-16-4-6(9)7(10)11/h5-6H,1-4,8-9H2,(H,10,11)(H,12,13,14)/t5-,6-/m0/s1. The molecular formula is C7H16N2O5S3. The molecule has 102 valence electrons. The molecule has 0 fully saturated rings. The molecule has 0 spiro atoms. The Kier molecular flexibility index (Phi) is 8.16. The van der Waals surface area contributed by atoms with Crippen LogP contribution in [0.5, 0.6) is 0 Å². The van der Waals surface area contributed by atoms with Crippen molar-refractivity contribution >= 4 is 37.7 Å². The van der Waals surface area contributed by atoms with E-state index in [4.69, 9.17) is 21.1 Å². The second kappa shape index (κ2) is 8.16. The van der Waals surface area contributed by atoms with Gasteiger partial charge in [0.1, 0.15) is 6.04 Å². The monoisotopic (exact) mass is 304 g/mol. The number of aliphatic carboxylic acids is 1. The lowest BCUT2D eigenvalue weighted by atomic mass is 10.3. The Hall–Kier alpha value is -0.000000000000000111. The van der Waals surface area contributed by atoms with E-state index in [-0.39, 0.29) is 24.0 Å². The van der Waals surface area contributed by atoms with E-state index in [0.717, 1.165) is 0 Å². The van der Waals surface area contributed by atoms with Gasteiger partial charge in [0.15, 0.2) is 0 Å². The summed E-state index contributed by atoms with van der Waals surface area (Å²) in [7, 11) is -1.37. The maximum atomic E-state index is 10.4. The van der Waals surface area contributed by atoms with Crippen molar-refractivity contribution in [3.8, 4) is 0 Å². The maximum absolute atomic E-state index is 10.4. The van der Waals surface area contributed by atoms with E-state index < -0.39 is 22.1 Å². The Labute approximate surface area is 108 Å². The first-order valence-corrected chi connectivity index (χ1v) is 8.75. The fourth-order valence-electron chi connectivity index (χ4n) is 0.712. The lowest BCUT2D eigenvalue weighted by molar-refractivity contribution is -0.137. The second-order valence-corrected chi connectivity index (χ2v) is 7.47. The van der Waals surface area contributed by atoms with Gasteiger partial charge in [0.2, 0.25) is 0 Å². The average Bonchev–Trinajstić information content (AvgIpc) is 2.20. The van der Waals surface area contributed by atoms with Gasteiger partial charge in [-0.3, -0.25) is 9.35 Å². The topological polar surface area (TPSA) is 144 Å². The number of hydrogen-bond acceptors (Lipinski definition) is 7. The molecule has 0 aromatic heterocycles. The second-order valence-electron chi connectivity index (χ2n) is 3.35. The van der Waals surface area contributed by atoms with Crippen molar-refractivity contribution < 1.29 is 22.9 Å². The van der Waals surface area contributed by atoms with Crippen LogP contribution in [0.25, 0.3) is 0 Å². The number of hydrogen-bond donors (Lipinski definition) is 4. The molecular weight excluding hydrogens is 288 g/mol. The number of nitrogens with two attached hydrogens (primary N) is 2. The summed E-state index contributed by atoms with van der Waals surface area (Å²) < 4.78 is 29.4. The minimum Gasteiger partial charge on any atom is -0.480 e. The molecule has 7 nitrogen and oxygen atoms in total. The van der Waals surface area contributed by atoms with Crippen LogP contribution in [0.15, 0.2) is 0 Å². The van der Waals surface area contributed by atoms with Gasteiger partial charge in [0.05, 0.1) is 5.75 Å². The van der Waals surface area contributed by atoms with Crippen molar-refractivity contribution in [2.45, 2.75) is 18.5 Å². The van der Waals surface area contributed by atoms with Crippen molar-refractivity contribution in [2.75, 3.05) is 17.3 Å². The van der Waals surface area contributed by atoms with Crippen molar-refractivity contribution in [3.05, 3.63) is 0 Å². The number of carboxylic acid groups (broad SMARTS) is 1. The summed E-state index contributed by atoms with van der Waals surface area (Å²) in [5.74, 6) is -0.709. The summed E-state index contributed by atoms with van der Waals surface area (Å²) >= 11 is 0. The molecule has 0 amide bonds. The smallest absolute Gasteiger partial charge is 0.321 e. The van der Waals surface area contributed by atoms with Gasteiger partial charge in [-0.2, -0.15) is 8.42 Å². The molecule has 0 aliphatic carbocycles. The van der Waals surface area contributed by atoms with E-state index in [1.807, 2.05) is 0 Å². The van der Waals surface area contributed by atoms with Crippen LogP contribution >= 0.6 is 21.6 Å². The number of carboxylic acids is 1. The molecule has 0 aromatic carbocycles. The van der Waals surface area contributed by atoms with E-state index >= 15 is 0 Å². The number of carbonyl (C=O) groups is 1. The molecule has 0 saturated heterocycles. The molecule has 0 heterocycles. The summed E-state index contributed by atoms with van der Waals surface area (Å²) in [4.78, 5) is 10.4. The van der Waals surface area contributed by atoms with Crippen LogP contribution < -0.4 is 11.5 Å². The van der Waals surface area contributed by atoms with Gasteiger partial charge in [0, 0.05) is 17.5 Å². The van der Waals surface area contributed by atoms with Crippen LogP contribution in [-0.4, -0.2) is 53.4 Å². The Balaban J connectivity index is 3.58. The lowest BCUT2D eigenvalue weighted by Gasteiger charge is -2.10. The van der Waals surface area contributed by atoms with Crippen LogP contribution in [0, 0.1) is 0 Å². The third kappa shape index (κ3) is 10.9. The predicted octanol–water partition coefficient (Wildman–Crippen LogP) is -0.615. The fraction of sp³-hybridized carbons (Fsp3) is 0.857. The van der Waals surface area contributed by atoms with Gasteiger partial charge in [-0.05, 0) is 6.42 Å². The molecule has 17 heavy (non-hydrogen) atoms. The van der Waals surface area contributed by atoms with Crippen LogP contribution in [0.3, 0.4) is 0 Å². The molecule has 0 rings (SSSR count). The fourth-order valence-corrected chi connectivity index (χ4v) is 3.68. The van der Waals surface area contributed by atoms with Crippen molar-refractivity contribution in [1.29, 1.82) is 0 Å². The van der Waals surface area contributed by atoms with Gasteiger partial charge < -0.3 is 16.6 Å². The molecule has 2 atom stereocenters. The highest BCUT2D eigenvalue weighted by Gasteiger charge is 2.13. The summed E-state index contributed by atoms with van der Waals surface area (Å²) in [5.41, 5.74) is 10.9. The summed E-state index contributed by atoms with van der Waals surface area (Å²) in [6.45, 7) is 0. The Morgan fingerprint density at radius 1 is 1.24 bits per heavy atom. The molecule has 0 saturated carbocycles. The number of rotatable bonds is 9. The minimum absolute atomic E-state index is 0.164. The van der Waals surface area contributed by atoms with Crippen LogP contribution in [0.4, 0.5) is 0 Å². The third-order valence-electron chi connectivity index (χ3n) is 1.68. The van der Waals surface area contributed by atoms with Crippen LogP contribution in [0.1, 0.15) is 6.42 Å². The van der Waals surface area contributed by atoms with E-state index in [1.54, 1.807) is 0 Å². The highest BCUT2D eigenvalue weighted by Crippen LogP contribution is 2.22. The van der Waals surface area contributed by atoms with Crippen LogP contribution in [0.2, 0.25) is 0 Å². The molecule has 0 unspecified atom stereocenters. The molecule has 10 heteroatoms. The van der Waals surface area contributed by atoms with Gasteiger partial charge in [-0.1, -0.05) is 21.6 Å². The third-order valence-corrected chi connectivity index (χ3v) is 4.97. The lowest BCUT2D eigenvalue weighted by Crippen LogP contribution is -2.32. The molecule has 0 aromatic rings. The zero-order chi connectivity index (χ0) is 13.5. The zero-order valence-corrected chi connectivity index (χ0v) is 11.4. The van der Waals surface area contributed by atoms with Gasteiger partial charge in [-0.25, -0.2) is 0 Å². The van der Waals surface area contributed by atoms with Crippen molar-refractivity contribution in [2.24, 2.45) is 11.5 Å². The average molecular weight is 304 g/mol.